The average molecular weight is 255 g/mol. The van der Waals surface area contributed by atoms with Crippen molar-refractivity contribution in [3.8, 4) is 0 Å². The summed E-state index contributed by atoms with van der Waals surface area (Å²) in [6, 6.07) is 14.0. The third kappa shape index (κ3) is 3.34. The molecule has 19 heavy (non-hydrogen) atoms. The Morgan fingerprint density at radius 1 is 1.05 bits per heavy atom. The van der Waals surface area contributed by atoms with E-state index >= 15 is 0 Å². The van der Waals surface area contributed by atoms with Crippen LogP contribution >= 0.6 is 0 Å². The van der Waals surface area contributed by atoms with Crippen LogP contribution in [0, 0.1) is 5.92 Å². The van der Waals surface area contributed by atoms with Gasteiger partial charge in [0.1, 0.15) is 0 Å². The maximum absolute atomic E-state index is 12.3. The lowest BCUT2D eigenvalue weighted by Gasteiger charge is -2.16. The SMILES string of the molecule is CC(C)C[C@@H](C)NC(=O)c1cccc2ccccc12. The summed E-state index contributed by atoms with van der Waals surface area (Å²) in [6.07, 6.45) is 0.997. The monoisotopic (exact) mass is 255 g/mol. The zero-order chi connectivity index (χ0) is 13.8. The molecule has 0 aromatic heterocycles. The van der Waals surface area contributed by atoms with Crippen molar-refractivity contribution < 1.29 is 4.79 Å². The van der Waals surface area contributed by atoms with Crippen molar-refractivity contribution in [2.45, 2.75) is 33.2 Å². The molecule has 0 bridgehead atoms. The summed E-state index contributed by atoms with van der Waals surface area (Å²) in [7, 11) is 0. The fourth-order valence-corrected chi connectivity index (χ4v) is 2.49. The first-order chi connectivity index (χ1) is 9.08. The van der Waals surface area contributed by atoms with Crippen LogP contribution < -0.4 is 5.32 Å². The van der Waals surface area contributed by atoms with E-state index in [0.717, 1.165) is 22.8 Å². The molecule has 0 heterocycles. The van der Waals surface area contributed by atoms with E-state index in [2.05, 4.69) is 26.1 Å². The zero-order valence-corrected chi connectivity index (χ0v) is 11.8. The summed E-state index contributed by atoms with van der Waals surface area (Å²) in [5.74, 6) is 0.604. The normalized spacial score (nSPS) is 12.6. The first kappa shape index (κ1) is 13.6. The summed E-state index contributed by atoms with van der Waals surface area (Å²) in [5.41, 5.74) is 0.758. The van der Waals surface area contributed by atoms with Gasteiger partial charge in [-0.05, 0) is 36.1 Å². The second-order valence-corrected chi connectivity index (χ2v) is 5.53. The van der Waals surface area contributed by atoms with Gasteiger partial charge in [-0.25, -0.2) is 0 Å². The highest BCUT2D eigenvalue weighted by atomic mass is 16.1. The molecule has 0 aliphatic heterocycles. The average Bonchev–Trinajstić information content (AvgIpc) is 2.36. The van der Waals surface area contributed by atoms with Crippen LogP contribution in [0.4, 0.5) is 0 Å². The van der Waals surface area contributed by atoms with E-state index in [-0.39, 0.29) is 11.9 Å². The van der Waals surface area contributed by atoms with E-state index in [4.69, 9.17) is 0 Å². The lowest BCUT2D eigenvalue weighted by Crippen LogP contribution is -2.33. The molecule has 2 nitrogen and oxygen atoms in total. The van der Waals surface area contributed by atoms with Crippen molar-refractivity contribution in [3.63, 3.8) is 0 Å². The summed E-state index contributed by atoms with van der Waals surface area (Å²) < 4.78 is 0. The van der Waals surface area contributed by atoms with E-state index in [1.54, 1.807) is 0 Å². The maximum atomic E-state index is 12.3. The molecule has 1 N–H and O–H groups in total. The number of benzene rings is 2. The second kappa shape index (κ2) is 5.87. The number of fused-ring (bicyclic) bond motifs is 1. The first-order valence-corrected chi connectivity index (χ1v) is 6.86. The minimum atomic E-state index is 0.0185. The van der Waals surface area contributed by atoms with Crippen molar-refractivity contribution in [1.29, 1.82) is 0 Å². The van der Waals surface area contributed by atoms with Gasteiger partial charge in [-0.2, -0.15) is 0 Å². The molecular formula is C17H21NO. The predicted octanol–water partition coefficient (Wildman–Crippen LogP) is 4.00. The zero-order valence-electron chi connectivity index (χ0n) is 11.8. The van der Waals surface area contributed by atoms with Crippen LogP contribution in [0.2, 0.25) is 0 Å². The van der Waals surface area contributed by atoms with E-state index < -0.39 is 0 Å². The molecule has 0 fully saturated rings. The van der Waals surface area contributed by atoms with Crippen LogP contribution in [-0.4, -0.2) is 11.9 Å². The molecule has 2 rings (SSSR count). The quantitative estimate of drug-likeness (QED) is 0.879. The minimum Gasteiger partial charge on any atom is -0.350 e. The Morgan fingerprint density at radius 3 is 2.47 bits per heavy atom. The minimum absolute atomic E-state index is 0.0185. The van der Waals surface area contributed by atoms with Gasteiger partial charge in [-0.15, -0.1) is 0 Å². The van der Waals surface area contributed by atoms with Crippen LogP contribution in [0.15, 0.2) is 42.5 Å². The Hall–Kier alpha value is -1.83. The molecule has 1 amide bonds. The van der Waals surface area contributed by atoms with Crippen molar-refractivity contribution >= 4 is 16.7 Å². The van der Waals surface area contributed by atoms with E-state index in [1.165, 1.54) is 0 Å². The molecule has 2 heteroatoms. The summed E-state index contributed by atoms with van der Waals surface area (Å²) in [4.78, 5) is 12.3. The van der Waals surface area contributed by atoms with Crippen molar-refractivity contribution in [2.75, 3.05) is 0 Å². The summed E-state index contributed by atoms with van der Waals surface area (Å²) in [6.45, 7) is 6.39. The van der Waals surface area contributed by atoms with Gasteiger partial charge in [0, 0.05) is 11.6 Å². The second-order valence-electron chi connectivity index (χ2n) is 5.53. The number of carbonyl (C=O) groups excluding carboxylic acids is 1. The number of hydrogen-bond donors (Lipinski definition) is 1. The van der Waals surface area contributed by atoms with Crippen LogP contribution in [0.5, 0.6) is 0 Å². The van der Waals surface area contributed by atoms with Gasteiger partial charge < -0.3 is 5.32 Å². The van der Waals surface area contributed by atoms with E-state index in [9.17, 15) is 4.79 Å². The van der Waals surface area contributed by atoms with Crippen molar-refractivity contribution in [1.82, 2.24) is 5.32 Å². The Labute approximate surface area is 114 Å². The highest BCUT2D eigenvalue weighted by Gasteiger charge is 2.13. The van der Waals surface area contributed by atoms with Gasteiger partial charge in [0.15, 0.2) is 0 Å². The van der Waals surface area contributed by atoms with Crippen LogP contribution in [0.1, 0.15) is 37.6 Å². The van der Waals surface area contributed by atoms with Gasteiger partial charge in [0.05, 0.1) is 0 Å². The number of amides is 1. The van der Waals surface area contributed by atoms with Crippen LogP contribution in [0.25, 0.3) is 10.8 Å². The molecule has 0 spiro atoms. The standard InChI is InChI=1S/C17H21NO/c1-12(2)11-13(3)18-17(19)16-10-6-8-14-7-4-5-9-15(14)16/h4-10,12-13H,11H2,1-3H3,(H,18,19)/t13-/m1/s1. The molecule has 2 aromatic rings. The van der Waals surface area contributed by atoms with Crippen molar-refractivity contribution in [2.24, 2.45) is 5.92 Å². The molecule has 0 aliphatic carbocycles. The smallest absolute Gasteiger partial charge is 0.252 e. The fraction of sp³-hybridized carbons (Fsp3) is 0.353. The molecule has 0 aliphatic rings. The molecule has 0 saturated heterocycles. The van der Waals surface area contributed by atoms with Gasteiger partial charge in [-0.1, -0.05) is 50.2 Å². The molecule has 1 atom stereocenters. The summed E-state index contributed by atoms with van der Waals surface area (Å²) >= 11 is 0. The van der Waals surface area contributed by atoms with Gasteiger partial charge >= 0.3 is 0 Å². The molecule has 0 saturated carbocycles. The molecule has 0 radical (unpaired) electrons. The molecule has 100 valence electrons. The highest BCUT2D eigenvalue weighted by molar-refractivity contribution is 6.07. The molecular weight excluding hydrogens is 234 g/mol. The third-order valence-electron chi connectivity index (χ3n) is 3.24. The van der Waals surface area contributed by atoms with Gasteiger partial charge in [0.2, 0.25) is 0 Å². The van der Waals surface area contributed by atoms with Crippen LogP contribution in [0.3, 0.4) is 0 Å². The Morgan fingerprint density at radius 2 is 1.74 bits per heavy atom. The number of rotatable bonds is 4. The fourth-order valence-electron chi connectivity index (χ4n) is 2.49. The first-order valence-electron chi connectivity index (χ1n) is 6.86. The third-order valence-corrected chi connectivity index (χ3v) is 3.24. The number of nitrogens with one attached hydrogen (secondary N) is 1. The largest absolute Gasteiger partial charge is 0.350 e. The lowest BCUT2D eigenvalue weighted by atomic mass is 10.0. The highest BCUT2D eigenvalue weighted by Crippen LogP contribution is 2.18. The Balaban J connectivity index is 2.22. The summed E-state index contributed by atoms with van der Waals surface area (Å²) in [5, 5.41) is 5.20. The lowest BCUT2D eigenvalue weighted by molar-refractivity contribution is 0.0938. The van der Waals surface area contributed by atoms with Gasteiger partial charge in [-0.3, -0.25) is 4.79 Å². The van der Waals surface area contributed by atoms with E-state index in [0.29, 0.717) is 5.92 Å². The Kier molecular flexibility index (Phi) is 4.20. The molecule has 2 aromatic carbocycles. The van der Waals surface area contributed by atoms with Gasteiger partial charge in [0.25, 0.3) is 5.91 Å². The maximum Gasteiger partial charge on any atom is 0.252 e. The molecule has 0 unspecified atom stereocenters. The number of carbonyl (C=O) groups is 1. The van der Waals surface area contributed by atoms with Crippen molar-refractivity contribution in [3.05, 3.63) is 48.0 Å². The van der Waals surface area contributed by atoms with Crippen LogP contribution in [-0.2, 0) is 0 Å². The number of hydrogen-bond acceptors (Lipinski definition) is 1. The van der Waals surface area contributed by atoms with E-state index in [1.807, 2.05) is 42.5 Å². The topological polar surface area (TPSA) is 29.1 Å². The predicted molar refractivity (Wildman–Crippen MR) is 80.3 cm³/mol. The Bertz CT molecular complexity index is 569.